The quantitative estimate of drug-likeness (QED) is 0.0969. The Labute approximate surface area is 217 Å². The van der Waals surface area contributed by atoms with E-state index in [0.717, 1.165) is 37.5 Å². The average Bonchev–Trinajstić information content (AvgIpc) is 2.89. The maximum absolute atomic E-state index is 14.7. The van der Waals surface area contributed by atoms with E-state index in [4.69, 9.17) is 4.74 Å². The molecule has 4 rings (SSSR count). The predicted molar refractivity (Wildman–Crippen MR) is 135 cm³/mol. The molecular formula is C31H24F6O. The molecule has 0 spiro atoms. The van der Waals surface area contributed by atoms with Gasteiger partial charge in [-0.15, -0.1) is 0 Å². The Morgan fingerprint density at radius 3 is 2.16 bits per heavy atom. The highest BCUT2D eigenvalue weighted by atomic mass is 19.2. The fraction of sp³-hybridized carbons (Fsp3) is 0.226. The van der Waals surface area contributed by atoms with Gasteiger partial charge in [-0.2, -0.15) is 0 Å². The van der Waals surface area contributed by atoms with Crippen molar-refractivity contribution in [3.8, 4) is 17.6 Å². The Kier molecular flexibility index (Phi) is 8.62. The number of fused-ring (bicyclic) bond motifs is 1. The lowest BCUT2D eigenvalue weighted by molar-refractivity contribution is 0.302. The minimum absolute atomic E-state index is 0.0308. The first kappa shape index (κ1) is 27.1. The zero-order valence-corrected chi connectivity index (χ0v) is 20.6. The second-order valence-corrected chi connectivity index (χ2v) is 8.91. The van der Waals surface area contributed by atoms with Crippen LogP contribution in [0.15, 0.2) is 54.6 Å². The van der Waals surface area contributed by atoms with Crippen LogP contribution in [-0.2, 0) is 12.8 Å². The van der Waals surface area contributed by atoms with Gasteiger partial charge in [-0.3, -0.25) is 0 Å². The summed E-state index contributed by atoms with van der Waals surface area (Å²) < 4.78 is 89.9. The first-order valence-corrected chi connectivity index (χ1v) is 12.2. The minimum Gasteiger partial charge on any atom is -0.493 e. The summed E-state index contributed by atoms with van der Waals surface area (Å²) in [4.78, 5) is 0. The van der Waals surface area contributed by atoms with Crippen LogP contribution in [-0.4, -0.2) is 6.61 Å². The smallest absolute Gasteiger partial charge is 0.195 e. The fourth-order valence-corrected chi connectivity index (χ4v) is 4.05. The number of halogens is 6. The van der Waals surface area contributed by atoms with Crippen molar-refractivity contribution in [1.29, 1.82) is 0 Å². The fourth-order valence-electron chi connectivity index (χ4n) is 4.05. The van der Waals surface area contributed by atoms with Crippen LogP contribution in [0.4, 0.5) is 26.3 Å². The summed E-state index contributed by atoms with van der Waals surface area (Å²) in [7, 11) is 0. The van der Waals surface area contributed by atoms with Crippen LogP contribution in [0.3, 0.4) is 0 Å². The molecule has 0 heterocycles. The summed E-state index contributed by atoms with van der Waals surface area (Å²) in [6.45, 7) is 2.44. The monoisotopic (exact) mass is 526 g/mol. The van der Waals surface area contributed by atoms with Crippen LogP contribution in [0.2, 0.25) is 0 Å². The Balaban J connectivity index is 1.44. The molecule has 0 aliphatic carbocycles. The van der Waals surface area contributed by atoms with Crippen molar-refractivity contribution in [3.63, 3.8) is 0 Å². The molecule has 7 heteroatoms. The summed E-state index contributed by atoms with van der Waals surface area (Å²) >= 11 is 0. The minimum atomic E-state index is -1.55. The largest absolute Gasteiger partial charge is 0.493 e. The Hall–Kier alpha value is -3.92. The van der Waals surface area contributed by atoms with Gasteiger partial charge in [-0.25, -0.2) is 26.3 Å². The van der Waals surface area contributed by atoms with E-state index in [9.17, 15) is 26.3 Å². The van der Waals surface area contributed by atoms with Crippen molar-refractivity contribution in [2.75, 3.05) is 6.61 Å². The van der Waals surface area contributed by atoms with Crippen LogP contribution >= 0.6 is 0 Å². The number of aryl methyl sites for hydroxylation is 1. The van der Waals surface area contributed by atoms with Crippen molar-refractivity contribution in [1.82, 2.24) is 0 Å². The van der Waals surface area contributed by atoms with Crippen LogP contribution in [0, 0.1) is 46.7 Å². The van der Waals surface area contributed by atoms with Crippen LogP contribution in [0.1, 0.15) is 48.4 Å². The molecule has 0 saturated carbocycles. The molecule has 0 aliphatic heterocycles. The molecule has 38 heavy (non-hydrogen) atoms. The predicted octanol–water partition coefficient (Wildman–Crippen LogP) is 8.43. The van der Waals surface area contributed by atoms with Crippen LogP contribution < -0.4 is 4.74 Å². The van der Waals surface area contributed by atoms with E-state index in [1.165, 1.54) is 30.3 Å². The zero-order chi connectivity index (χ0) is 27.2. The Bertz CT molecular complexity index is 1510. The first-order chi connectivity index (χ1) is 18.3. The Morgan fingerprint density at radius 2 is 1.45 bits per heavy atom. The zero-order valence-electron chi connectivity index (χ0n) is 20.6. The molecule has 4 aromatic carbocycles. The number of hydrogen-bond donors (Lipinski definition) is 0. The van der Waals surface area contributed by atoms with E-state index in [2.05, 4.69) is 11.8 Å². The molecule has 0 saturated heterocycles. The third kappa shape index (κ3) is 6.31. The second kappa shape index (κ2) is 12.1. The van der Waals surface area contributed by atoms with Gasteiger partial charge < -0.3 is 4.74 Å². The molecule has 0 unspecified atom stereocenters. The van der Waals surface area contributed by atoms with Gasteiger partial charge in [0, 0.05) is 28.6 Å². The van der Waals surface area contributed by atoms with Gasteiger partial charge in [0.25, 0.3) is 0 Å². The van der Waals surface area contributed by atoms with E-state index < -0.39 is 34.9 Å². The third-order valence-electron chi connectivity index (χ3n) is 6.14. The normalized spacial score (nSPS) is 10.9. The summed E-state index contributed by atoms with van der Waals surface area (Å²) in [5.74, 6) is -0.655. The topological polar surface area (TPSA) is 9.23 Å². The van der Waals surface area contributed by atoms with Gasteiger partial charge in [-0.05, 0) is 60.5 Å². The average molecular weight is 527 g/mol. The van der Waals surface area contributed by atoms with E-state index in [-0.39, 0.29) is 40.5 Å². The number of ether oxygens (including phenoxy) is 1. The van der Waals surface area contributed by atoms with Crippen LogP contribution in [0.5, 0.6) is 5.75 Å². The summed E-state index contributed by atoms with van der Waals surface area (Å²) in [6, 6.07) is 11.6. The maximum Gasteiger partial charge on any atom is 0.195 e. The van der Waals surface area contributed by atoms with Gasteiger partial charge in [0.2, 0.25) is 0 Å². The van der Waals surface area contributed by atoms with Crippen molar-refractivity contribution >= 4 is 10.8 Å². The van der Waals surface area contributed by atoms with Crippen molar-refractivity contribution in [2.24, 2.45) is 0 Å². The SMILES string of the molecule is CCCCCOc1cc(F)c(CCc2ccc(C#Cc3ccc4c(F)c(F)c(F)cc4c3)c(F)c2)c(F)c1. The maximum atomic E-state index is 14.7. The molecule has 0 fully saturated rings. The summed E-state index contributed by atoms with van der Waals surface area (Å²) in [5.41, 5.74) is 0.868. The number of rotatable bonds is 8. The lowest BCUT2D eigenvalue weighted by Gasteiger charge is -2.10. The first-order valence-electron chi connectivity index (χ1n) is 12.2. The Morgan fingerprint density at radius 1 is 0.684 bits per heavy atom. The van der Waals surface area contributed by atoms with Gasteiger partial charge in [0.05, 0.1) is 12.2 Å². The molecule has 0 aliphatic rings. The van der Waals surface area contributed by atoms with Gasteiger partial charge in [0.15, 0.2) is 17.5 Å². The van der Waals surface area contributed by atoms with E-state index in [1.54, 1.807) is 6.07 Å². The molecule has 0 amide bonds. The van der Waals surface area contributed by atoms with E-state index >= 15 is 0 Å². The standard InChI is InChI=1S/C31H24F6O/c1-2-3-4-13-38-23-17-27(33)25(28(34)18-23)12-8-20-6-10-21(26(32)15-20)9-5-19-7-11-24-22(14-19)16-29(35)31(37)30(24)36/h6-7,10-11,14-18H,2-4,8,12-13H2,1H3. The van der Waals surface area contributed by atoms with Gasteiger partial charge in [0.1, 0.15) is 23.2 Å². The highest BCUT2D eigenvalue weighted by Crippen LogP contribution is 2.25. The second-order valence-electron chi connectivity index (χ2n) is 8.91. The summed E-state index contributed by atoms with van der Waals surface area (Å²) in [6.07, 6.45) is 3.02. The molecule has 4 aromatic rings. The summed E-state index contributed by atoms with van der Waals surface area (Å²) in [5, 5.41) is 0.0339. The lowest BCUT2D eigenvalue weighted by Crippen LogP contribution is -2.03. The van der Waals surface area contributed by atoms with E-state index in [0.29, 0.717) is 17.7 Å². The van der Waals surface area contributed by atoms with E-state index in [1.807, 2.05) is 6.92 Å². The highest BCUT2D eigenvalue weighted by Gasteiger charge is 2.14. The van der Waals surface area contributed by atoms with Crippen LogP contribution in [0.25, 0.3) is 10.8 Å². The van der Waals surface area contributed by atoms with Crippen molar-refractivity contribution < 1.29 is 31.1 Å². The third-order valence-corrected chi connectivity index (χ3v) is 6.14. The van der Waals surface area contributed by atoms with Gasteiger partial charge >= 0.3 is 0 Å². The molecule has 0 aromatic heterocycles. The molecule has 0 atom stereocenters. The number of benzene rings is 4. The molecule has 0 bridgehead atoms. The van der Waals surface area contributed by atoms with Crippen molar-refractivity contribution in [2.45, 2.75) is 39.0 Å². The molecule has 0 N–H and O–H groups in total. The molecule has 0 radical (unpaired) electrons. The molecule has 1 nitrogen and oxygen atoms in total. The number of hydrogen-bond acceptors (Lipinski definition) is 1. The van der Waals surface area contributed by atoms with Gasteiger partial charge in [-0.1, -0.05) is 43.7 Å². The lowest BCUT2D eigenvalue weighted by atomic mass is 10.0. The highest BCUT2D eigenvalue weighted by molar-refractivity contribution is 5.84. The molecule has 196 valence electrons. The number of unbranched alkanes of at least 4 members (excludes halogenated alkanes) is 2. The van der Waals surface area contributed by atoms with Crippen molar-refractivity contribution in [3.05, 3.63) is 112 Å². The molecular weight excluding hydrogens is 502 g/mol.